The summed E-state index contributed by atoms with van der Waals surface area (Å²) in [6, 6.07) is 14.3. The normalized spacial score (nSPS) is 23.0. The third-order valence-corrected chi connectivity index (χ3v) is 10.7. The number of nitrogens with zero attached hydrogens (tertiary/aromatic N) is 4. The number of hydrogen-bond acceptors (Lipinski definition) is 4. The zero-order valence-corrected chi connectivity index (χ0v) is 26.8. The third-order valence-electron chi connectivity index (χ3n) is 10.7. The Bertz CT molecular complexity index is 1460. The number of piperidine rings is 1. The molecule has 3 aliphatic rings. The number of carboxylic acids is 1. The lowest BCUT2D eigenvalue weighted by atomic mass is 9.83. The lowest BCUT2D eigenvalue weighted by Gasteiger charge is -2.35. The van der Waals surface area contributed by atoms with E-state index >= 15 is 0 Å². The van der Waals surface area contributed by atoms with Gasteiger partial charge in [0.2, 0.25) is 0 Å². The Morgan fingerprint density at radius 1 is 1.00 bits per heavy atom. The zero-order chi connectivity index (χ0) is 31.5. The monoisotopic (exact) mass is 618 g/mol. The predicted molar refractivity (Wildman–Crippen MR) is 172 cm³/mol. The molecule has 2 aromatic carbocycles. The number of aryl methyl sites for hydroxylation is 2. The molecule has 3 heterocycles. The van der Waals surface area contributed by atoms with Crippen molar-refractivity contribution in [2.75, 3.05) is 32.7 Å². The Morgan fingerprint density at radius 2 is 1.78 bits per heavy atom. The summed E-state index contributed by atoms with van der Waals surface area (Å²) in [5.74, 6) is -0.410. The number of aliphatic carboxylic acids is 1. The molecule has 1 N–H and O–H groups in total. The largest absolute Gasteiger partial charge is 0.480 e. The molecule has 0 bridgehead atoms. The van der Waals surface area contributed by atoms with Crippen molar-refractivity contribution in [3.05, 3.63) is 88.2 Å². The minimum Gasteiger partial charge on any atom is -0.480 e. The summed E-state index contributed by atoms with van der Waals surface area (Å²) in [6.45, 7) is 9.57. The molecule has 1 saturated carbocycles. The molecular weight excluding hydrogens is 570 g/mol. The van der Waals surface area contributed by atoms with Gasteiger partial charge in [-0.05, 0) is 87.7 Å². The second kappa shape index (κ2) is 14.1. The van der Waals surface area contributed by atoms with Gasteiger partial charge in [0, 0.05) is 56.2 Å². The van der Waals surface area contributed by atoms with Crippen molar-refractivity contribution in [2.24, 2.45) is 11.8 Å². The van der Waals surface area contributed by atoms with Crippen LogP contribution in [-0.2, 0) is 17.8 Å². The van der Waals surface area contributed by atoms with Crippen LogP contribution in [0.2, 0.25) is 0 Å². The fourth-order valence-corrected chi connectivity index (χ4v) is 8.46. The smallest absolute Gasteiger partial charge is 0.321 e. The maximum atomic E-state index is 14.3. The Kier molecular flexibility index (Phi) is 10.0. The first-order valence-electron chi connectivity index (χ1n) is 17.0. The maximum Gasteiger partial charge on any atom is 0.321 e. The molecule has 2 aliphatic heterocycles. The van der Waals surface area contributed by atoms with Crippen molar-refractivity contribution in [1.29, 1.82) is 0 Å². The number of rotatable bonds is 10. The first-order chi connectivity index (χ1) is 21.8. The molecule has 3 fully saturated rings. The second-order valence-electron chi connectivity index (χ2n) is 13.8. The molecule has 6 rings (SSSR count). The molecule has 2 saturated heterocycles. The second-order valence-corrected chi connectivity index (χ2v) is 13.8. The van der Waals surface area contributed by atoms with E-state index in [2.05, 4.69) is 58.7 Å². The Hall–Kier alpha value is -3.10. The zero-order valence-electron chi connectivity index (χ0n) is 26.8. The fourth-order valence-electron chi connectivity index (χ4n) is 8.46. The van der Waals surface area contributed by atoms with Crippen LogP contribution in [0.4, 0.5) is 8.78 Å². The third kappa shape index (κ3) is 7.33. The first-order valence-corrected chi connectivity index (χ1v) is 17.0. The molecule has 45 heavy (non-hydrogen) atoms. The first kappa shape index (κ1) is 31.9. The number of aromatic nitrogens is 2. The standard InChI is InChI=1S/C37H48F2N4O2/c1-3-43-35(21-32(40-43)19-29-12-13-31(38)20-34(29)39)26-14-16-41(17-15-26)22-30-23-42(24-33(30)28-11-7-8-25(2)18-28)36(37(44)45)27-9-5-4-6-10-27/h7-8,11-13,18,20-21,26-27,30,33,36H,3-6,9-10,14-17,19,22-24H2,1-2H3,(H,44,45)/t30-,33+,36+/m0/s1. The molecule has 242 valence electrons. The molecule has 6 nitrogen and oxygen atoms in total. The van der Waals surface area contributed by atoms with Crippen LogP contribution in [0.3, 0.4) is 0 Å². The van der Waals surface area contributed by atoms with Crippen molar-refractivity contribution < 1.29 is 18.7 Å². The van der Waals surface area contributed by atoms with Gasteiger partial charge >= 0.3 is 5.97 Å². The van der Waals surface area contributed by atoms with Crippen LogP contribution in [0.1, 0.15) is 91.8 Å². The van der Waals surface area contributed by atoms with Gasteiger partial charge in [-0.3, -0.25) is 14.4 Å². The molecule has 0 radical (unpaired) electrons. The van der Waals surface area contributed by atoms with Gasteiger partial charge in [0.05, 0.1) is 5.69 Å². The van der Waals surface area contributed by atoms with Gasteiger partial charge in [-0.15, -0.1) is 0 Å². The van der Waals surface area contributed by atoms with Crippen LogP contribution in [0, 0.1) is 30.4 Å². The van der Waals surface area contributed by atoms with Crippen LogP contribution in [0.15, 0.2) is 48.5 Å². The predicted octanol–water partition coefficient (Wildman–Crippen LogP) is 7.01. The fraction of sp³-hybridized carbons (Fsp3) is 0.568. The summed E-state index contributed by atoms with van der Waals surface area (Å²) < 4.78 is 29.8. The van der Waals surface area contributed by atoms with Gasteiger partial charge in [0.15, 0.2) is 0 Å². The molecule has 1 aliphatic carbocycles. The van der Waals surface area contributed by atoms with Crippen molar-refractivity contribution in [2.45, 2.75) is 89.6 Å². The minimum absolute atomic E-state index is 0.247. The minimum atomic E-state index is -0.652. The van der Waals surface area contributed by atoms with Gasteiger partial charge in [-0.1, -0.05) is 55.2 Å². The van der Waals surface area contributed by atoms with Crippen molar-refractivity contribution >= 4 is 5.97 Å². The Balaban J connectivity index is 1.13. The molecule has 3 aromatic rings. The van der Waals surface area contributed by atoms with Crippen molar-refractivity contribution in [3.8, 4) is 0 Å². The maximum absolute atomic E-state index is 14.3. The van der Waals surface area contributed by atoms with Crippen LogP contribution < -0.4 is 0 Å². The number of halogens is 2. The number of carboxylic acid groups (broad SMARTS) is 1. The highest BCUT2D eigenvalue weighted by molar-refractivity contribution is 5.74. The van der Waals surface area contributed by atoms with E-state index < -0.39 is 17.6 Å². The van der Waals surface area contributed by atoms with E-state index in [0.29, 0.717) is 29.7 Å². The van der Waals surface area contributed by atoms with E-state index in [-0.39, 0.29) is 12.0 Å². The van der Waals surface area contributed by atoms with E-state index in [1.165, 1.54) is 35.4 Å². The number of benzene rings is 2. The molecule has 0 unspecified atom stereocenters. The van der Waals surface area contributed by atoms with Crippen LogP contribution >= 0.6 is 0 Å². The highest BCUT2D eigenvalue weighted by Gasteiger charge is 2.43. The van der Waals surface area contributed by atoms with Crippen molar-refractivity contribution in [1.82, 2.24) is 19.6 Å². The summed E-state index contributed by atoms with van der Waals surface area (Å²) in [5, 5.41) is 15.2. The van der Waals surface area contributed by atoms with E-state index in [0.717, 1.165) is 89.6 Å². The van der Waals surface area contributed by atoms with Crippen LogP contribution in [0.5, 0.6) is 0 Å². The van der Waals surface area contributed by atoms with Crippen LogP contribution in [0.25, 0.3) is 0 Å². The number of hydrogen-bond donors (Lipinski definition) is 1. The van der Waals surface area contributed by atoms with Gasteiger partial charge < -0.3 is 10.0 Å². The van der Waals surface area contributed by atoms with Gasteiger partial charge in [-0.25, -0.2) is 8.78 Å². The lowest BCUT2D eigenvalue weighted by molar-refractivity contribution is -0.145. The summed E-state index contributed by atoms with van der Waals surface area (Å²) >= 11 is 0. The topological polar surface area (TPSA) is 61.6 Å². The number of carbonyl (C=O) groups is 1. The Labute approximate surface area is 266 Å². The van der Waals surface area contributed by atoms with E-state index in [1.807, 2.05) is 0 Å². The summed E-state index contributed by atoms with van der Waals surface area (Å²) in [5.41, 5.74) is 5.07. The van der Waals surface area contributed by atoms with Gasteiger partial charge in [-0.2, -0.15) is 5.10 Å². The van der Waals surface area contributed by atoms with E-state index in [9.17, 15) is 18.7 Å². The SMILES string of the molecule is CCn1nc(Cc2ccc(F)cc2F)cc1C1CCN(C[C@H]2CN([C@@H](C(=O)O)C3CCCCC3)C[C@@H]2c2cccc(C)c2)CC1. The molecule has 0 amide bonds. The number of likely N-dealkylation sites (tertiary alicyclic amines) is 2. The summed E-state index contributed by atoms with van der Waals surface area (Å²) in [7, 11) is 0. The molecule has 1 aromatic heterocycles. The molecular formula is C37H48F2N4O2. The van der Waals surface area contributed by atoms with E-state index in [1.54, 1.807) is 0 Å². The van der Waals surface area contributed by atoms with Crippen LogP contribution in [-0.4, -0.2) is 69.4 Å². The van der Waals surface area contributed by atoms with Crippen molar-refractivity contribution in [3.63, 3.8) is 0 Å². The summed E-state index contributed by atoms with van der Waals surface area (Å²) in [6.07, 6.45) is 7.96. The van der Waals surface area contributed by atoms with E-state index in [4.69, 9.17) is 5.10 Å². The quantitative estimate of drug-likeness (QED) is 0.265. The van der Waals surface area contributed by atoms with Gasteiger partial charge in [0.1, 0.15) is 17.7 Å². The average molecular weight is 619 g/mol. The lowest BCUT2D eigenvalue weighted by Crippen LogP contribution is -2.46. The molecule has 3 atom stereocenters. The average Bonchev–Trinajstić information content (AvgIpc) is 3.63. The molecule has 8 heteroatoms. The van der Waals surface area contributed by atoms with Gasteiger partial charge in [0.25, 0.3) is 0 Å². The highest BCUT2D eigenvalue weighted by atomic mass is 19.1. The summed E-state index contributed by atoms with van der Waals surface area (Å²) in [4.78, 5) is 17.5. The Morgan fingerprint density at radius 3 is 2.47 bits per heavy atom. The highest BCUT2D eigenvalue weighted by Crippen LogP contribution is 2.39. The molecule has 0 spiro atoms.